The van der Waals surface area contributed by atoms with Gasteiger partial charge >= 0.3 is 0 Å². The Morgan fingerprint density at radius 3 is 2.62 bits per heavy atom. The molecule has 0 saturated heterocycles. The van der Waals surface area contributed by atoms with Crippen LogP contribution in [0.1, 0.15) is 12.0 Å². The molecule has 1 rings (SSSR count). The monoisotopic (exact) mass is 197 g/mol. The van der Waals surface area contributed by atoms with Crippen LogP contribution in [0.2, 0.25) is 0 Å². The molecule has 0 fully saturated rings. The van der Waals surface area contributed by atoms with Gasteiger partial charge in [0, 0.05) is 12.3 Å². The van der Waals surface area contributed by atoms with Crippen LogP contribution in [0.5, 0.6) is 0 Å². The molecular formula is C10H12ClNO. The molecule has 0 amide bonds. The topological polar surface area (TPSA) is 21.6 Å². The summed E-state index contributed by atoms with van der Waals surface area (Å²) in [7, 11) is 1.54. The maximum Gasteiger partial charge on any atom is 0.106 e. The van der Waals surface area contributed by atoms with E-state index in [-0.39, 0.29) is 0 Å². The largest absolute Gasteiger partial charge is 0.399 e. The number of hydrogen-bond acceptors (Lipinski definition) is 2. The summed E-state index contributed by atoms with van der Waals surface area (Å²) < 4.78 is 0. The predicted molar refractivity (Wildman–Crippen MR) is 55.3 cm³/mol. The van der Waals surface area contributed by atoms with Crippen molar-refractivity contribution in [3.63, 3.8) is 0 Å². The van der Waals surface area contributed by atoms with E-state index in [0.29, 0.717) is 5.88 Å². The van der Waals surface area contributed by atoms with Gasteiger partial charge in [0.1, 0.15) is 7.11 Å². The van der Waals surface area contributed by atoms with E-state index in [1.807, 2.05) is 30.3 Å². The van der Waals surface area contributed by atoms with Gasteiger partial charge in [0.15, 0.2) is 0 Å². The Morgan fingerprint density at radius 2 is 2.08 bits per heavy atom. The molecule has 1 aromatic carbocycles. The predicted octanol–water partition coefficient (Wildman–Crippen LogP) is 2.67. The van der Waals surface area contributed by atoms with E-state index in [4.69, 9.17) is 16.4 Å². The Morgan fingerprint density at radius 1 is 1.38 bits per heavy atom. The quantitative estimate of drug-likeness (QED) is 0.413. The molecule has 0 saturated carbocycles. The molecule has 0 heterocycles. The van der Waals surface area contributed by atoms with Gasteiger partial charge in [-0.05, 0) is 5.56 Å². The highest BCUT2D eigenvalue weighted by Gasteiger charge is 2.01. The van der Waals surface area contributed by atoms with E-state index < -0.39 is 0 Å². The van der Waals surface area contributed by atoms with Crippen LogP contribution in [0.25, 0.3) is 0 Å². The fraction of sp³-hybridized carbons (Fsp3) is 0.300. The van der Waals surface area contributed by atoms with Crippen LogP contribution in [-0.2, 0) is 4.84 Å². The van der Waals surface area contributed by atoms with Crippen LogP contribution < -0.4 is 0 Å². The van der Waals surface area contributed by atoms with E-state index in [1.165, 1.54) is 7.11 Å². The molecule has 0 aliphatic rings. The number of benzene rings is 1. The Bertz CT molecular complexity index is 272. The van der Waals surface area contributed by atoms with Gasteiger partial charge in [-0.3, -0.25) is 0 Å². The Balaban J connectivity index is 2.83. The molecular weight excluding hydrogens is 186 g/mol. The molecule has 1 aromatic rings. The third kappa shape index (κ3) is 3.07. The second kappa shape index (κ2) is 5.60. The third-order valence-electron chi connectivity index (χ3n) is 1.64. The van der Waals surface area contributed by atoms with Gasteiger partial charge in [-0.2, -0.15) is 0 Å². The second-order valence-electron chi connectivity index (χ2n) is 2.53. The second-order valence-corrected chi connectivity index (χ2v) is 2.90. The first-order valence-electron chi connectivity index (χ1n) is 4.10. The van der Waals surface area contributed by atoms with Crippen molar-refractivity contribution in [2.45, 2.75) is 6.42 Å². The molecule has 0 unspecified atom stereocenters. The van der Waals surface area contributed by atoms with E-state index in [0.717, 1.165) is 17.7 Å². The molecule has 13 heavy (non-hydrogen) atoms. The normalized spacial score (nSPS) is 11.4. The first-order chi connectivity index (χ1) is 6.38. The van der Waals surface area contributed by atoms with Crippen molar-refractivity contribution in [3.8, 4) is 0 Å². The molecule has 0 aliphatic carbocycles. The molecule has 2 nitrogen and oxygen atoms in total. The first-order valence-corrected chi connectivity index (χ1v) is 4.63. The Kier molecular flexibility index (Phi) is 4.33. The SMILES string of the molecule is CO/N=C(/CCCl)c1ccccc1. The van der Waals surface area contributed by atoms with Crippen molar-refractivity contribution in [3.05, 3.63) is 35.9 Å². The average molecular weight is 198 g/mol. The van der Waals surface area contributed by atoms with E-state index in [2.05, 4.69) is 5.16 Å². The van der Waals surface area contributed by atoms with Gasteiger partial charge in [-0.15, -0.1) is 11.6 Å². The number of hydrogen-bond donors (Lipinski definition) is 0. The molecule has 70 valence electrons. The number of oxime groups is 1. The summed E-state index contributed by atoms with van der Waals surface area (Å²) in [5.74, 6) is 0.553. The molecule has 0 bridgehead atoms. The minimum absolute atomic E-state index is 0.553. The zero-order chi connectivity index (χ0) is 9.52. The molecule has 0 aliphatic heterocycles. The van der Waals surface area contributed by atoms with E-state index in [1.54, 1.807) is 0 Å². The number of alkyl halides is 1. The van der Waals surface area contributed by atoms with Crippen LogP contribution in [0.4, 0.5) is 0 Å². The summed E-state index contributed by atoms with van der Waals surface area (Å²) in [5, 5.41) is 3.92. The highest BCUT2D eigenvalue weighted by molar-refractivity contribution is 6.20. The van der Waals surface area contributed by atoms with Gasteiger partial charge in [-0.25, -0.2) is 0 Å². The van der Waals surface area contributed by atoms with Crippen LogP contribution in [-0.4, -0.2) is 18.7 Å². The lowest BCUT2D eigenvalue weighted by Crippen LogP contribution is -2.02. The van der Waals surface area contributed by atoms with Crippen molar-refractivity contribution in [2.75, 3.05) is 13.0 Å². The first kappa shape index (κ1) is 10.1. The van der Waals surface area contributed by atoms with Crippen molar-refractivity contribution in [1.82, 2.24) is 0 Å². The average Bonchev–Trinajstić information content (AvgIpc) is 2.19. The van der Waals surface area contributed by atoms with Crippen molar-refractivity contribution >= 4 is 17.3 Å². The van der Waals surface area contributed by atoms with Crippen LogP contribution in [0.15, 0.2) is 35.5 Å². The fourth-order valence-electron chi connectivity index (χ4n) is 1.07. The molecule has 3 heteroatoms. The van der Waals surface area contributed by atoms with Crippen LogP contribution in [0, 0.1) is 0 Å². The summed E-state index contributed by atoms with van der Waals surface area (Å²) in [6, 6.07) is 9.88. The van der Waals surface area contributed by atoms with E-state index in [9.17, 15) is 0 Å². The van der Waals surface area contributed by atoms with Gasteiger partial charge in [0.25, 0.3) is 0 Å². The zero-order valence-electron chi connectivity index (χ0n) is 7.53. The maximum absolute atomic E-state index is 5.65. The summed E-state index contributed by atoms with van der Waals surface area (Å²) in [5.41, 5.74) is 1.95. The summed E-state index contributed by atoms with van der Waals surface area (Å²) in [6.07, 6.45) is 0.722. The maximum atomic E-state index is 5.65. The molecule has 0 N–H and O–H groups in total. The highest BCUT2D eigenvalue weighted by Crippen LogP contribution is 2.05. The number of nitrogens with zero attached hydrogens (tertiary/aromatic N) is 1. The lowest BCUT2D eigenvalue weighted by atomic mass is 10.1. The lowest BCUT2D eigenvalue weighted by molar-refractivity contribution is 0.213. The van der Waals surface area contributed by atoms with Crippen molar-refractivity contribution < 1.29 is 4.84 Å². The minimum atomic E-state index is 0.553. The zero-order valence-corrected chi connectivity index (χ0v) is 8.29. The van der Waals surface area contributed by atoms with Crippen molar-refractivity contribution in [1.29, 1.82) is 0 Å². The third-order valence-corrected chi connectivity index (χ3v) is 1.83. The van der Waals surface area contributed by atoms with Crippen LogP contribution in [0.3, 0.4) is 0 Å². The fourth-order valence-corrected chi connectivity index (χ4v) is 1.25. The number of rotatable bonds is 4. The van der Waals surface area contributed by atoms with Gasteiger partial charge < -0.3 is 4.84 Å². The Labute approximate surface area is 83.2 Å². The van der Waals surface area contributed by atoms with Crippen molar-refractivity contribution in [2.24, 2.45) is 5.16 Å². The summed E-state index contributed by atoms with van der Waals surface area (Å²) >= 11 is 5.65. The number of halogens is 1. The highest BCUT2D eigenvalue weighted by atomic mass is 35.5. The van der Waals surface area contributed by atoms with Gasteiger partial charge in [0.2, 0.25) is 0 Å². The molecule has 0 spiro atoms. The van der Waals surface area contributed by atoms with Gasteiger partial charge in [-0.1, -0.05) is 35.5 Å². The van der Waals surface area contributed by atoms with Gasteiger partial charge in [0.05, 0.1) is 5.71 Å². The van der Waals surface area contributed by atoms with Crippen LogP contribution >= 0.6 is 11.6 Å². The minimum Gasteiger partial charge on any atom is -0.399 e. The smallest absolute Gasteiger partial charge is 0.106 e. The molecule has 0 atom stereocenters. The standard InChI is InChI=1S/C10H12ClNO/c1-13-12-10(7-8-11)9-5-3-2-4-6-9/h2-6H,7-8H2,1H3/b12-10-. The van der Waals surface area contributed by atoms with E-state index >= 15 is 0 Å². The summed E-state index contributed by atoms with van der Waals surface area (Å²) in [4.78, 5) is 4.74. The molecule has 0 radical (unpaired) electrons. The Hall–Kier alpha value is -1.02. The lowest BCUT2D eigenvalue weighted by Gasteiger charge is -2.02. The summed E-state index contributed by atoms with van der Waals surface area (Å²) in [6.45, 7) is 0. The molecule has 0 aromatic heterocycles.